The number of pyridine rings is 1. The first-order chi connectivity index (χ1) is 10.0. The number of aromatic nitrogens is 1. The number of nitrogens with one attached hydrogen (secondary N) is 1. The van der Waals surface area contributed by atoms with Crippen molar-refractivity contribution >= 4 is 11.5 Å². The topological polar surface area (TPSA) is 91.8 Å². The summed E-state index contributed by atoms with van der Waals surface area (Å²) in [6, 6.07) is 5.71. The van der Waals surface area contributed by atoms with Crippen molar-refractivity contribution in [2.75, 3.05) is 5.32 Å². The SMILES string of the molecule is N#Cc1cnc(NCc2cc(F)ccc2F)c([N+](=O)[O-])c1. The summed E-state index contributed by atoms with van der Waals surface area (Å²) in [5.41, 5.74) is -0.370. The van der Waals surface area contributed by atoms with Crippen LogP contribution >= 0.6 is 0 Å². The molecule has 1 aromatic carbocycles. The van der Waals surface area contributed by atoms with E-state index in [1.54, 1.807) is 6.07 Å². The molecule has 1 heterocycles. The van der Waals surface area contributed by atoms with E-state index in [2.05, 4.69) is 10.3 Å². The molecule has 1 aromatic heterocycles. The van der Waals surface area contributed by atoms with Crippen molar-refractivity contribution in [3.8, 4) is 6.07 Å². The first-order valence-corrected chi connectivity index (χ1v) is 5.73. The zero-order chi connectivity index (χ0) is 15.4. The molecule has 106 valence electrons. The molecule has 0 bridgehead atoms. The molecule has 0 atom stereocenters. The highest BCUT2D eigenvalue weighted by molar-refractivity contribution is 5.58. The molecule has 0 saturated carbocycles. The lowest BCUT2D eigenvalue weighted by Gasteiger charge is -2.07. The predicted molar refractivity (Wildman–Crippen MR) is 69.3 cm³/mol. The van der Waals surface area contributed by atoms with Crippen molar-refractivity contribution in [2.45, 2.75) is 6.54 Å². The Hall–Kier alpha value is -3.08. The maximum atomic E-state index is 13.4. The van der Waals surface area contributed by atoms with E-state index in [1.165, 1.54) is 0 Å². The number of nitrogens with zero attached hydrogens (tertiary/aromatic N) is 3. The van der Waals surface area contributed by atoms with E-state index in [1.807, 2.05) is 0 Å². The number of hydrogen-bond donors (Lipinski definition) is 1. The van der Waals surface area contributed by atoms with Gasteiger partial charge < -0.3 is 5.32 Å². The summed E-state index contributed by atoms with van der Waals surface area (Å²) >= 11 is 0. The Morgan fingerprint density at radius 1 is 1.38 bits per heavy atom. The quantitative estimate of drug-likeness (QED) is 0.690. The molecule has 0 saturated heterocycles. The first-order valence-electron chi connectivity index (χ1n) is 5.73. The van der Waals surface area contributed by atoms with Crippen molar-refractivity contribution in [1.82, 2.24) is 4.98 Å². The predicted octanol–water partition coefficient (Wildman–Crippen LogP) is 2.75. The van der Waals surface area contributed by atoms with E-state index in [0.29, 0.717) is 0 Å². The van der Waals surface area contributed by atoms with Crippen LogP contribution in [0.5, 0.6) is 0 Å². The molecule has 0 radical (unpaired) electrons. The molecule has 0 spiro atoms. The van der Waals surface area contributed by atoms with Crippen LogP contribution in [0, 0.1) is 33.1 Å². The number of nitro groups is 1. The Kier molecular flexibility index (Phi) is 4.04. The number of nitriles is 1. The van der Waals surface area contributed by atoms with Crippen LogP contribution in [-0.4, -0.2) is 9.91 Å². The highest BCUT2D eigenvalue weighted by Gasteiger charge is 2.16. The van der Waals surface area contributed by atoms with Crippen molar-refractivity contribution < 1.29 is 13.7 Å². The van der Waals surface area contributed by atoms with Gasteiger partial charge in [0.05, 0.1) is 10.5 Å². The van der Waals surface area contributed by atoms with Gasteiger partial charge in [-0.15, -0.1) is 0 Å². The van der Waals surface area contributed by atoms with Crippen LogP contribution in [0.2, 0.25) is 0 Å². The van der Waals surface area contributed by atoms with Crippen molar-refractivity contribution in [3.63, 3.8) is 0 Å². The summed E-state index contributed by atoms with van der Waals surface area (Å²) in [6.45, 7) is -0.177. The second-order valence-electron chi connectivity index (χ2n) is 4.05. The number of anilines is 1. The molecule has 21 heavy (non-hydrogen) atoms. The smallest absolute Gasteiger partial charge is 0.312 e. The molecule has 6 nitrogen and oxygen atoms in total. The molecule has 0 fully saturated rings. The van der Waals surface area contributed by atoms with Crippen LogP contribution < -0.4 is 5.32 Å². The Bertz CT molecular complexity index is 743. The minimum Gasteiger partial charge on any atom is -0.360 e. The summed E-state index contributed by atoms with van der Waals surface area (Å²) in [5, 5.41) is 22.2. The minimum absolute atomic E-state index is 0.00968. The summed E-state index contributed by atoms with van der Waals surface area (Å²) in [6.07, 6.45) is 1.15. The van der Waals surface area contributed by atoms with Crippen LogP contribution in [0.15, 0.2) is 30.5 Å². The molecule has 0 aliphatic rings. The van der Waals surface area contributed by atoms with Gasteiger partial charge in [0.1, 0.15) is 17.7 Å². The zero-order valence-electron chi connectivity index (χ0n) is 10.5. The molecule has 8 heteroatoms. The van der Waals surface area contributed by atoms with Gasteiger partial charge in [0.25, 0.3) is 0 Å². The Labute approximate surface area is 117 Å². The van der Waals surface area contributed by atoms with Gasteiger partial charge in [-0.05, 0) is 18.2 Å². The molecular formula is C13H8F2N4O2. The first kappa shape index (κ1) is 14.3. The third-order valence-electron chi connectivity index (χ3n) is 2.65. The van der Waals surface area contributed by atoms with E-state index in [-0.39, 0.29) is 23.5 Å². The largest absolute Gasteiger partial charge is 0.360 e. The highest BCUT2D eigenvalue weighted by Crippen LogP contribution is 2.23. The number of halogens is 2. The van der Waals surface area contributed by atoms with Gasteiger partial charge in [0.15, 0.2) is 0 Å². The standard InChI is InChI=1S/C13H8F2N4O2/c14-10-1-2-11(15)9(4-10)7-18-13-12(19(20)21)3-8(5-16)6-17-13/h1-4,6H,7H2,(H,17,18). The van der Waals surface area contributed by atoms with Gasteiger partial charge in [-0.1, -0.05) is 0 Å². The summed E-state index contributed by atoms with van der Waals surface area (Å²) in [5.74, 6) is -1.38. The fourth-order valence-electron chi connectivity index (χ4n) is 1.65. The van der Waals surface area contributed by atoms with Gasteiger partial charge in [-0.3, -0.25) is 10.1 Å². The molecule has 1 N–H and O–H groups in total. The Balaban J connectivity index is 2.26. The Morgan fingerprint density at radius 3 is 2.81 bits per heavy atom. The van der Waals surface area contributed by atoms with Crippen LogP contribution in [-0.2, 0) is 6.54 Å². The molecule has 2 aromatic rings. The number of hydrogen-bond acceptors (Lipinski definition) is 5. The maximum Gasteiger partial charge on any atom is 0.312 e. The maximum absolute atomic E-state index is 13.4. The summed E-state index contributed by atoms with van der Waals surface area (Å²) in [4.78, 5) is 13.9. The lowest BCUT2D eigenvalue weighted by atomic mass is 10.2. The van der Waals surface area contributed by atoms with Gasteiger partial charge in [0.2, 0.25) is 5.82 Å². The number of benzene rings is 1. The van der Waals surface area contributed by atoms with E-state index >= 15 is 0 Å². The van der Waals surface area contributed by atoms with Gasteiger partial charge in [-0.2, -0.15) is 5.26 Å². The van der Waals surface area contributed by atoms with E-state index < -0.39 is 22.2 Å². The fourth-order valence-corrected chi connectivity index (χ4v) is 1.65. The van der Waals surface area contributed by atoms with Crippen molar-refractivity contribution in [1.29, 1.82) is 5.26 Å². The molecule has 2 rings (SSSR count). The Morgan fingerprint density at radius 2 is 2.14 bits per heavy atom. The van der Waals surface area contributed by atoms with E-state index in [0.717, 1.165) is 30.5 Å². The number of rotatable bonds is 4. The average Bonchev–Trinajstić information content (AvgIpc) is 2.48. The average molecular weight is 290 g/mol. The normalized spacial score (nSPS) is 9.95. The fraction of sp³-hybridized carbons (Fsp3) is 0.0769. The minimum atomic E-state index is -0.710. The van der Waals surface area contributed by atoms with Gasteiger partial charge >= 0.3 is 5.69 Å². The van der Waals surface area contributed by atoms with Crippen LogP contribution in [0.1, 0.15) is 11.1 Å². The highest BCUT2D eigenvalue weighted by atomic mass is 19.1. The van der Waals surface area contributed by atoms with Crippen LogP contribution in [0.25, 0.3) is 0 Å². The van der Waals surface area contributed by atoms with Gasteiger partial charge in [-0.25, -0.2) is 13.8 Å². The van der Waals surface area contributed by atoms with Crippen LogP contribution in [0.4, 0.5) is 20.3 Å². The van der Waals surface area contributed by atoms with E-state index in [4.69, 9.17) is 5.26 Å². The molecule has 0 aliphatic carbocycles. The molecule has 0 amide bonds. The summed E-state index contributed by atoms with van der Waals surface area (Å²) in [7, 11) is 0. The third-order valence-corrected chi connectivity index (χ3v) is 2.65. The molecule has 0 aliphatic heterocycles. The lowest BCUT2D eigenvalue weighted by molar-refractivity contribution is -0.384. The van der Waals surface area contributed by atoms with Crippen molar-refractivity contribution in [2.24, 2.45) is 0 Å². The summed E-state index contributed by atoms with van der Waals surface area (Å²) < 4.78 is 26.5. The van der Waals surface area contributed by atoms with Crippen molar-refractivity contribution in [3.05, 3.63) is 63.3 Å². The monoisotopic (exact) mass is 290 g/mol. The lowest BCUT2D eigenvalue weighted by Crippen LogP contribution is -2.06. The van der Waals surface area contributed by atoms with Crippen LogP contribution in [0.3, 0.4) is 0 Å². The second kappa shape index (κ2) is 5.92. The third kappa shape index (κ3) is 3.27. The molecular weight excluding hydrogens is 282 g/mol. The van der Waals surface area contributed by atoms with Gasteiger partial charge in [0, 0.05) is 24.4 Å². The zero-order valence-corrected chi connectivity index (χ0v) is 10.5. The van der Waals surface area contributed by atoms with E-state index in [9.17, 15) is 18.9 Å². The second-order valence-corrected chi connectivity index (χ2v) is 4.05. The molecule has 0 unspecified atom stereocenters.